The number of aromatic nitrogens is 3. The van der Waals surface area contributed by atoms with Gasteiger partial charge in [0, 0.05) is 29.6 Å². The topological polar surface area (TPSA) is 79.8 Å². The minimum Gasteiger partial charge on any atom is -0.350 e. The van der Waals surface area contributed by atoms with Crippen molar-refractivity contribution in [3.63, 3.8) is 0 Å². The van der Waals surface area contributed by atoms with Crippen molar-refractivity contribution in [3.8, 4) is 0 Å². The highest BCUT2D eigenvalue weighted by Crippen LogP contribution is 2.23. The summed E-state index contributed by atoms with van der Waals surface area (Å²) >= 11 is 3.45. The van der Waals surface area contributed by atoms with Crippen LogP contribution in [-0.4, -0.2) is 20.9 Å². The van der Waals surface area contributed by atoms with E-state index in [0.717, 1.165) is 15.6 Å². The molecule has 25 heavy (non-hydrogen) atoms. The van der Waals surface area contributed by atoms with Crippen molar-refractivity contribution >= 4 is 33.5 Å². The van der Waals surface area contributed by atoms with Gasteiger partial charge in [0.1, 0.15) is 5.69 Å². The van der Waals surface area contributed by atoms with Crippen LogP contribution in [0.25, 0.3) is 0 Å². The van der Waals surface area contributed by atoms with Gasteiger partial charge in [-0.1, -0.05) is 6.07 Å². The summed E-state index contributed by atoms with van der Waals surface area (Å²) in [5.74, 6) is 0.103. The molecular formula is C18H16BrN5O. The number of carbonyl (C=O) groups is 1. The zero-order valence-corrected chi connectivity index (χ0v) is 15.1. The predicted octanol–water partition coefficient (Wildman–Crippen LogP) is 3.81. The van der Waals surface area contributed by atoms with Crippen LogP contribution in [-0.2, 0) is 6.54 Å². The van der Waals surface area contributed by atoms with Crippen LogP contribution in [0.15, 0.2) is 59.5 Å². The van der Waals surface area contributed by atoms with Crippen LogP contribution in [0.5, 0.6) is 0 Å². The smallest absolute Gasteiger partial charge is 0.274 e. The van der Waals surface area contributed by atoms with Gasteiger partial charge in [-0.25, -0.2) is 9.97 Å². The lowest BCUT2D eigenvalue weighted by atomic mass is 10.2. The van der Waals surface area contributed by atoms with E-state index in [9.17, 15) is 4.79 Å². The van der Waals surface area contributed by atoms with E-state index < -0.39 is 0 Å². The summed E-state index contributed by atoms with van der Waals surface area (Å²) in [4.78, 5) is 24.8. The first kappa shape index (κ1) is 17.0. The average Bonchev–Trinajstić information content (AvgIpc) is 2.63. The number of aryl methyl sites for hydroxylation is 1. The number of halogens is 1. The molecule has 0 saturated carbocycles. The molecule has 6 nitrogen and oxygen atoms in total. The highest BCUT2D eigenvalue weighted by atomic mass is 79.9. The molecule has 7 heteroatoms. The number of nitrogens with zero attached hydrogens (tertiary/aromatic N) is 3. The largest absolute Gasteiger partial charge is 0.350 e. The van der Waals surface area contributed by atoms with Crippen LogP contribution in [0.2, 0.25) is 0 Å². The van der Waals surface area contributed by atoms with Crippen molar-refractivity contribution in [2.24, 2.45) is 0 Å². The average molecular weight is 398 g/mol. The van der Waals surface area contributed by atoms with Crippen LogP contribution in [0.3, 0.4) is 0 Å². The second kappa shape index (κ2) is 7.85. The molecule has 1 amide bonds. The van der Waals surface area contributed by atoms with E-state index in [2.05, 4.69) is 41.5 Å². The first-order chi connectivity index (χ1) is 12.1. The Hall–Kier alpha value is -2.80. The Balaban J connectivity index is 1.69. The lowest BCUT2D eigenvalue weighted by molar-refractivity contribution is 0.102. The number of benzene rings is 1. The van der Waals surface area contributed by atoms with Crippen molar-refractivity contribution < 1.29 is 4.79 Å². The molecule has 0 radical (unpaired) electrons. The molecule has 1 aromatic carbocycles. The first-order valence-corrected chi connectivity index (χ1v) is 8.44. The van der Waals surface area contributed by atoms with E-state index >= 15 is 0 Å². The Morgan fingerprint density at radius 2 is 1.92 bits per heavy atom. The van der Waals surface area contributed by atoms with Gasteiger partial charge in [0.15, 0.2) is 0 Å². The summed E-state index contributed by atoms with van der Waals surface area (Å²) in [5, 5.41) is 5.94. The number of carbonyl (C=O) groups excluding carboxylic acids is 1. The Kier molecular flexibility index (Phi) is 5.35. The molecule has 0 aliphatic heterocycles. The number of pyridine rings is 1. The van der Waals surface area contributed by atoms with Crippen molar-refractivity contribution in [2.45, 2.75) is 13.5 Å². The third-order valence-corrected chi connectivity index (χ3v) is 4.12. The van der Waals surface area contributed by atoms with E-state index in [-0.39, 0.29) is 5.91 Å². The Morgan fingerprint density at radius 3 is 2.68 bits per heavy atom. The first-order valence-electron chi connectivity index (χ1n) is 7.65. The molecule has 3 aromatic rings. The molecule has 0 spiro atoms. The molecule has 0 unspecified atom stereocenters. The molecule has 3 rings (SSSR count). The molecule has 126 valence electrons. The normalized spacial score (nSPS) is 10.3. The van der Waals surface area contributed by atoms with E-state index in [1.54, 1.807) is 24.7 Å². The molecule has 0 bridgehead atoms. The Labute approximate surface area is 153 Å². The number of nitrogens with one attached hydrogen (secondary N) is 2. The predicted molar refractivity (Wildman–Crippen MR) is 100 cm³/mol. The van der Waals surface area contributed by atoms with Gasteiger partial charge in [-0.05, 0) is 64.3 Å². The maximum atomic E-state index is 12.4. The SMILES string of the molecule is Cc1ccc(NC(=O)c2ccnc(NCc3ccncc3)n2)c(Br)c1. The number of anilines is 2. The molecule has 0 saturated heterocycles. The third-order valence-electron chi connectivity index (χ3n) is 3.46. The van der Waals surface area contributed by atoms with Gasteiger partial charge in [-0.15, -0.1) is 0 Å². The Bertz CT molecular complexity index is 886. The monoisotopic (exact) mass is 397 g/mol. The number of amides is 1. The molecule has 2 N–H and O–H groups in total. The summed E-state index contributed by atoms with van der Waals surface area (Å²) in [6.45, 7) is 2.54. The van der Waals surface area contributed by atoms with Crippen LogP contribution in [0.1, 0.15) is 21.6 Å². The highest BCUT2D eigenvalue weighted by Gasteiger charge is 2.11. The lowest BCUT2D eigenvalue weighted by Gasteiger charge is -2.09. The van der Waals surface area contributed by atoms with Gasteiger partial charge in [0.05, 0.1) is 5.69 Å². The maximum Gasteiger partial charge on any atom is 0.274 e. The van der Waals surface area contributed by atoms with Gasteiger partial charge in [-0.2, -0.15) is 0 Å². The second-order valence-electron chi connectivity index (χ2n) is 5.41. The molecule has 0 aliphatic rings. The molecule has 2 aromatic heterocycles. The van der Waals surface area contributed by atoms with E-state index in [1.165, 1.54) is 0 Å². The van der Waals surface area contributed by atoms with E-state index in [1.807, 2.05) is 37.3 Å². The van der Waals surface area contributed by atoms with Gasteiger partial charge < -0.3 is 10.6 Å². The van der Waals surface area contributed by atoms with E-state index in [0.29, 0.717) is 23.9 Å². The summed E-state index contributed by atoms with van der Waals surface area (Å²) < 4.78 is 0.825. The van der Waals surface area contributed by atoms with Crippen molar-refractivity contribution in [1.29, 1.82) is 0 Å². The maximum absolute atomic E-state index is 12.4. The summed E-state index contributed by atoms with van der Waals surface area (Å²) in [5.41, 5.74) is 3.15. The fourth-order valence-electron chi connectivity index (χ4n) is 2.16. The minimum absolute atomic E-state index is 0.291. The number of hydrogen-bond donors (Lipinski definition) is 2. The summed E-state index contributed by atoms with van der Waals surface area (Å²) in [7, 11) is 0. The molecule has 0 aliphatic carbocycles. The van der Waals surface area contributed by atoms with Crippen LogP contribution < -0.4 is 10.6 Å². The standard InChI is InChI=1S/C18H16BrN5O/c1-12-2-3-15(14(19)10-12)23-17(25)16-6-9-21-18(24-16)22-11-13-4-7-20-8-5-13/h2-10H,11H2,1H3,(H,23,25)(H,21,22,24). The fraction of sp³-hybridized carbons (Fsp3) is 0.111. The van der Waals surface area contributed by atoms with Crippen LogP contribution >= 0.6 is 15.9 Å². The van der Waals surface area contributed by atoms with Gasteiger partial charge in [-0.3, -0.25) is 9.78 Å². The zero-order chi connectivity index (χ0) is 17.6. The van der Waals surface area contributed by atoms with Crippen molar-refractivity contribution in [3.05, 3.63) is 76.3 Å². The molecule has 0 atom stereocenters. The van der Waals surface area contributed by atoms with Crippen molar-refractivity contribution in [2.75, 3.05) is 10.6 Å². The quantitative estimate of drug-likeness (QED) is 0.684. The fourth-order valence-corrected chi connectivity index (χ4v) is 2.75. The third kappa shape index (κ3) is 4.60. The van der Waals surface area contributed by atoms with Crippen LogP contribution in [0, 0.1) is 6.92 Å². The highest BCUT2D eigenvalue weighted by molar-refractivity contribution is 9.10. The molecule has 2 heterocycles. The van der Waals surface area contributed by atoms with Crippen molar-refractivity contribution in [1.82, 2.24) is 15.0 Å². The molecule has 0 fully saturated rings. The zero-order valence-electron chi connectivity index (χ0n) is 13.5. The number of rotatable bonds is 5. The van der Waals surface area contributed by atoms with Gasteiger partial charge in [0.2, 0.25) is 5.95 Å². The molecular weight excluding hydrogens is 382 g/mol. The lowest BCUT2D eigenvalue weighted by Crippen LogP contribution is -2.15. The van der Waals surface area contributed by atoms with Gasteiger partial charge in [0.25, 0.3) is 5.91 Å². The minimum atomic E-state index is -0.293. The summed E-state index contributed by atoms with van der Waals surface area (Å²) in [6.07, 6.45) is 5.00. The Morgan fingerprint density at radius 1 is 1.12 bits per heavy atom. The van der Waals surface area contributed by atoms with E-state index in [4.69, 9.17) is 0 Å². The second-order valence-corrected chi connectivity index (χ2v) is 6.27. The summed E-state index contributed by atoms with van der Waals surface area (Å²) in [6, 6.07) is 11.1. The van der Waals surface area contributed by atoms with Gasteiger partial charge >= 0.3 is 0 Å². The van der Waals surface area contributed by atoms with Crippen LogP contribution in [0.4, 0.5) is 11.6 Å². The number of hydrogen-bond acceptors (Lipinski definition) is 5.